The van der Waals surface area contributed by atoms with E-state index in [0.717, 1.165) is 6.42 Å². The monoisotopic (exact) mass is 357 g/mol. The maximum absolute atomic E-state index is 12.4. The molecule has 0 radical (unpaired) electrons. The summed E-state index contributed by atoms with van der Waals surface area (Å²) in [6.07, 6.45) is 0.693. The lowest BCUT2D eigenvalue weighted by molar-refractivity contribution is -0.137. The van der Waals surface area contributed by atoms with Gasteiger partial charge in [-0.1, -0.05) is 19.1 Å². The van der Waals surface area contributed by atoms with Crippen LogP contribution in [0.3, 0.4) is 0 Å². The van der Waals surface area contributed by atoms with E-state index >= 15 is 0 Å². The molecule has 0 spiro atoms. The number of benzene rings is 2. The third-order valence-electron chi connectivity index (χ3n) is 3.79. The van der Waals surface area contributed by atoms with Crippen LogP contribution in [-0.4, -0.2) is 30.7 Å². The largest absolute Gasteiger partial charge is 0.497 e. The zero-order valence-corrected chi connectivity index (χ0v) is 14.9. The molecule has 1 amide bonds. The molecule has 2 N–H and O–H groups in total. The Balaban J connectivity index is 2.12. The standard InChI is InChI=1S/C20H23NO5/c1-3-12-26-17-10-4-14(5-11-17)18(13-19(22)23)21-20(24)15-6-8-16(25-2)9-7-15/h4-11,18H,3,12-13H2,1-2H3,(H,21,24)(H,22,23)/t18-/m0/s1. The number of carbonyl (C=O) groups is 2. The molecule has 6 nitrogen and oxygen atoms in total. The minimum Gasteiger partial charge on any atom is -0.497 e. The van der Waals surface area contributed by atoms with Gasteiger partial charge < -0.3 is 19.9 Å². The first-order chi connectivity index (χ1) is 12.5. The molecule has 0 bridgehead atoms. The summed E-state index contributed by atoms with van der Waals surface area (Å²) in [5.41, 5.74) is 1.14. The molecule has 0 fully saturated rings. The summed E-state index contributed by atoms with van der Waals surface area (Å²) in [5.74, 6) is 0.0269. The van der Waals surface area contributed by atoms with Crippen molar-refractivity contribution in [2.45, 2.75) is 25.8 Å². The van der Waals surface area contributed by atoms with E-state index in [1.807, 2.05) is 6.92 Å². The Bertz CT molecular complexity index is 725. The molecule has 2 rings (SSSR count). The van der Waals surface area contributed by atoms with Crippen LogP contribution in [-0.2, 0) is 4.79 Å². The Morgan fingerprint density at radius 2 is 1.65 bits per heavy atom. The maximum Gasteiger partial charge on any atom is 0.305 e. The molecule has 26 heavy (non-hydrogen) atoms. The third-order valence-corrected chi connectivity index (χ3v) is 3.79. The van der Waals surface area contributed by atoms with Gasteiger partial charge in [-0.05, 0) is 48.4 Å². The molecule has 0 aliphatic carbocycles. The summed E-state index contributed by atoms with van der Waals surface area (Å²) in [6.45, 7) is 2.64. The molecule has 0 saturated carbocycles. The van der Waals surface area contributed by atoms with Crippen LogP contribution in [0.25, 0.3) is 0 Å². The number of hydrogen-bond donors (Lipinski definition) is 2. The number of aliphatic carboxylic acids is 1. The summed E-state index contributed by atoms with van der Waals surface area (Å²) in [6, 6.07) is 13.1. The molecule has 0 aromatic heterocycles. The van der Waals surface area contributed by atoms with E-state index in [0.29, 0.717) is 29.2 Å². The number of nitrogens with one attached hydrogen (secondary N) is 1. The third kappa shape index (κ3) is 5.51. The molecule has 0 aliphatic rings. The van der Waals surface area contributed by atoms with Crippen LogP contribution in [0.4, 0.5) is 0 Å². The lowest BCUT2D eigenvalue weighted by atomic mass is 10.0. The molecule has 138 valence electrons. The first-order valence-electron chi connectivity index (χ1n) is 8.43. The van der Waals surface area contributed by atoms with E-state index in [1.165, 1.54) is 0 Å². The Kier molecular flexibility index (Phi) is 7.02. The molecule has 2 aromatic rings. The smallest absolute Gasteiger partial charge is 0.305 e. The Hall–Kier alpha value is -3.02. The number of carboxylic acid groups (broad SMARTS) is 1. The SMILES string of the molecule is CCCOc1ccc([C@H](CC(=O)O)NC(=O)c2ccc(OC)cc2)cc1. The highest BCUT2D eigenvalue weighted by atomic mass is 16.5. The quantitative estimate of drug-likeness (QED) is 0.718. The minimum atomic E-state index is -0.989. The van der Waals surface area contributed by atoms with E-state index in [9.17, 15) is 14.7 Å². The van der Waals surface area contributed by atoms with Gasteiger partial charge in [0, 0.05) is 5.56 Å². The fraction of sp³-hybridized carbons (Fsp3) is 0.300. The van der Waals surface area contributed by atoms with Crippen LogP contribution < -0.4 is 14.8 Å². The van der Waals surface area contributed by atoms with Crippen LogP contribution in [0.2, 0.25) is 0 Å². The van der Waals surface area contributed by atoms with Gasteiger partial charge in [-0.15, -0.1) is 0 Å². The molecule has 0 saturated heterocycles. The topological polar surface area (TPSA) is 84.9 Å². The molecule has 6 heteroatoms. The molecule has 2 aromatic carbocycles. The summed E-state index contributed by atoms with van der Waals surface area (Å²) in [4.78, 5) is 23.6. The number of carbonyl (C=O) groups excluding carboxylic acids is 1. The number of rotatable bonds is 9. The predicted molar refractivity (Wildman–Crippen MR) is 97.7 cm³/mol. The van der Waals surface area contributed by atoms with E-state index in [-0.39, 0.29) is 12.3 Å². The van der Waals surface area contributed by atoms with Crippen molar-refractivity contribution >= 4 is 11.9 Å². The van der Waals surface area contributed by atoms with Gasteiger partial charge in [-0.3, -0.25) is 9.59 Å². The van der Waals surface area contributed by atoms with Gasteiger partial charge in [0.25, 0.3) is 5.91 Å². The number of ether oxygens (including phenoxy) is 2. The van der Waals surface area contributed by atoms with E-state index in [1.54, 1.807) is 55.6 Å². The number of amides is 1. The van der Waals surface area contributed by atoms with E-state index < -0.39 is 12.0 Å². The van der Waals surface area contributed by atoms with E-state index in [4.69, 9.17) is 9.47 Å². The van der Waals surface area contributed by atoms with Crippen molar-refractivity contribution < 1.29 is 24.2 Å². The number of carboxylic acids is 1. The van der Waals surface area contributed by atoms with Gasteiger partial charge in [0.15, 0.2) is 0 Å². The van der Waals surface area contributed by atoms with Gasteiger partial charge in [-0.25, -0.2) is 0 Å². The van der Waals surface area contributed by atoms with Crippen LogP contribution in [0.1, 0.15) is 41.7 Å². The predicted octanol–water partition coefficient (Wildman–Crippen LogP) is 3.43. The number of methoxy groups -OCH3 is 1. The highest BCUT2D eigenvalue weighted by molar-refractivity contribution is 5.94. The highest BCUT2D eigenvalue weighted by Gasteiger charge is 2.19. The normalized spacial score (nSPS) is 11.5. The second kappa shape index (κ2) is 9.46. The van der Waals surface area contributed by atoms with Gasteiger partial charge in [0.1, 0.15) is 11.5 Å². The van der Waals surface area contributed by atoms with Gasteiger partial charge in [0.05, 0.1) is 26.2 Å². The van der Waals surface area contributed by atoms with Crippen molar-refractivity contribution in [3.63, 3.8) is 0 Å². The zero-order valence-electron chi connectivity index (χ0n) is 14.9. The molecular weight excluding hydrogens is 334 g/mol. The summed E-state index contributed by atoms with van der Waals surface area (Å²) in [7, 11) is 1.55. The van der Waals surface area contributed by atoms with Crippen LogP contribution in [0, 0.1) is 0 Å². The van der Waals surface area contributed by atoms with Gasteiger partial charge in [-0.2, -0.15) is 0 Å². The van der Waals surface area contributed by atoms with E-state index in [2.05, 4.69) is 5.32 Å². The first kappa shape index (κ1) is 19.3. The lowest BCUT2D eigenvalue weighted by Gasteiger charge is -2.18. The Labute approximate surface area is 152 Å². The fourth-order valence-electron chi connectivity index (χ4n) is 2.43. The molecule has 1 atom stereocenters. The van der Waals surface area contributed by atoms with Crippen molar-refractivity contribution in [2.75, 3.05) is 13.7 Å². The summed E-state index contributed by atoms with van der Waals surface area (Å²) < 4.78 is 10.6. The van der Waals surface area contributed by atoms with Crippen LogP contribution >= 0.6 is 0 Å². The van der Waals surface area contributed by atoms with Crippen molar-refractivity contribution in [2.24, 2.45) is 0 Å². The molecule has 0 heterocycles. The van der Waals surface area contributed by atoms with Crippen molar-refractivity contribution in [1.29, 1.82) is 0 Å². The second-order valence-corrected chi connectivity index (χ2v) is 5.77. The lowest BCUT2D eigenvalue weighted by Crippen LogP contribution is -2.30. The molecular formula is C20H23NO5. The average molecular weight is 357 g/mol. The summed E-state index contributed by atoms with van der Waals surface area (Å²) in [5, 5.41) is 12.0. The zero-order chi connectivity index (χ0) is 18.9. The second-order valence-electron chi connectivity index (χ2n) is 5.77. The van der Waals surface area contributed by atoms with Gasteiger partial charge in [0.2, 0.25) is 0 Å². The Morgan fingerprint density at radius 3 is 2.19 bits per heavy atom. The van der Waals surface area contributed by atoms with Gasteiger partial charge >= 0.3 is 5.97 Å². The first-order valence-corrected chi connectivity index (χ1v) is 8.43. The van der Waals surface area contributed by atoms with Crippen molar-refractivity contribution in [1.82, 2.24) is 5.32 Å². The molecule has 0 aliphatic heterocycles. The van der Waals surface area contributed by atoms with Crippen molar-refractivity contribution in [3.05, 3.63) is 59.7 Å². The summed E-state index contributed by atoms with van der Waals surface area (Å²) >= 11 is 0. The fourth-order valence-corrected chi connectivity index (χ4v) is 2.43. The minimum absolute atomic E-state index is 0.211. The van der Waals surface area contributed by atoms with Crippen LogP contribution in [0.15, 0.2) is 48.5 Å². The maximum atomic E-state index is 12.4. The van der Waals surface area contributed by atoms with Crippen molar-refractivity contribution in [3.8, 4) is 11.5 Å². The van der Waals surface area contributed by atoms with Crippen LogP contribution in [0.5, 0.6) is 11.5 Å². The molecule has 0 unspecified atom stereocenters. The number of hydrogen-bond acceptors (Lipinski definition) is 4. The highest BCUT2D eigenvalue weighted by Crippen LogP contribution is 2.22. The Morgan fingerprint density at radius 1 is 1.04 bits per heavy atom. The average Bonchev–Trinajstić information content (AvgIpc) is 2.66.